The van der Waals surface area contributed by atoms with E-state index < -0.39 is 11.7 Å². The molecule has 23 heavy (non-hydrogen) atoms. The van der Waals surface area contributed by atoms with Crippen LogP contribution >= 0.6 is 0 Å². The minimum absolute atomic E-state index is 0.281. The van der Waals surface area contributed by atoms with E-state index in [2.05, 4.69) is 10.6 Å². The maximum absolute atomic E-state index is 11.7. The van der Waals surface area contributed by atoms with Gasteiger partial charge in [-0.05, 0) is 65.2 Å². The van der Waals surface area contributed by atoms with Crippen molar-refractivity contribution < 1.29 is 14.6 Å². The van der Waals surface area contributed by atoms with E-state index in [1.165, 1.54) is 0 Å². The van der Waals surface area contributed by atoms with Crippen LogP contribution in [-0.4, -0.2) is 28.9 Å². The lowest BCUT2D eigenvalue weighted by Gasteiger charge is -2.28. The van der Waals surface area contributed by atoms with Crippen LogP contribution in [0.5, 0.6) is 5.75 Å². The molecule has 1 rings (SSSR count). The Bertz CT molecular complexity index is 537. The number of hydrogen-bond donors (Lipinski definition) is 3. The Morgan fingerprint density at radius 2 is 1.65 bits per heavy atom. The Morgan fingerprint density at radius 1 is 1.13 bits per heavy atom. The van der Waals surface area contributed by atoms with Crippen LogP contribution in [-0.2, 0) is 11.3 Å². The predicted molar refractivity (Wildman–Crippen MR) is 92.7 cm³/mol. The summed E-state index contributed by atoms with van der Waals surface area (Å²) in [5, 5.41) is 16.0. The topological polar surface area (TPSA) is 70.6 Å². The number of aromatic hydroxyl groups is 1. The van der Waals surface area contributed by atoms with Crippen molar-refractivity contribution in [3.8, 4) is 5.75 Å². The van der Waals surface area contributed by atoms with Crippen molar-refractivity contribution in [2.75, 3.05) is 6.54 Å². The first kappa shape index (κ1) is 19.3. The van der Waals surface area contributed by atoms with Gasteiger partial charge in [-0.25, -0.2) is 4.79 Å². The van der Waals surface area contributed by atoms with Crippen molar-refractivity contribution >= 4 is 6.09 Å². The number of hydrogen-bond acceptors (Lipinski definition) is 4. The molecule has 0 saturated carbocycles. The second-order valence-corrected chi connectivity index (χ2v) is 7.67. The molecule has 0 saturated heterocycles. The highest BCUT2D eigenvalue weighted by atomic mass is 16.6. The number of carbonyl (C=O) groups is 1. The van der Waals surface area contributed by atoms with E-state index in [0.717, 1.165) is 16.7 Å². The summed E-state index contributed by atoms with van der Waals surface area (Å²) in [6.45, 7) is 14.4. The van der Waals surface area contributed by atoms with Gasteiger partial charge in [0.15, 0.2) is 0 Å². The molecule has 0 aliphatic rings. The fraction of sp³-hybridized carbons (Fsp3) is 0.611. The van der Waals surface area contributed by atoms with Crippen LogP contribution in [0.3, 0.4) is 0 Å². The third kappa shape index (κ3) is 6.91. The van der Waals surface area contributed by atoms with Crippen molar-refractivity contribution in [3.63, 3.8) is 0 Å². The highest BCUT2D eigenvalue weighted by Crippen LogP contribution is 2.23. The highest BCUT2D eigenvalue weighted by molar-refractivity contribution is 5.67. The molecule has 5 nitrogen and oxygen atoms in total. The molecule has 0 aliphatic carbocycles. The van der Waals surface area contributed by atoms with Gasteiger partial charge >= 0.3 is 6.09 Å². The molecule has 1 aromatic rings. The van der Waals surface area contributed by atoms with E-state index in [1.807, 2.05) is 60.6 Å². The first-order chi connectivity index (χ1) is 10.4. The highest BCUT2D eigenvalue weighted by Gasteiger charge is 2.21. The van der Waals surface area contributed by atoms with Crippen LogP contribution in [0.2, 0.25) is 0 Å². The summed E-state index contributed by atoms with van der Waals surface area (Å²) in [5.74, 6) is 0.347. The van der Waals surface area contributed by atoms with Gasteiger partial charge in [-0.3, -0.25) is 0 Å². The molecule has 130 valence electrons. The van der Waals surface area contributed by atoms with E-state index in [9.17, 15) is 9.90 Å². The molecule has 0 spiro atoms. The van der Waals surface area contributed by atoms with Crippen LogP contribution < -0.4 is 10.6 Å². The molecule has 1 aromatic carbocycles. The lowest BCUT2D eigenvalue weighted by atomic mass is 10.0. The normalized spacial score (nSPS) is 12.1. The summed E-state index contributed by atoms with van der Waals surface area (Å²) in [7, 11) is 0. The fourth-order valence-corrected chi connectivity index (χ4v) is 2.16. The van der Waals surface area contributed by atoms with Crippen molar-refractivity contribution in [2.24, 2.45) is 0 Å². The quantitative estimate of drug-likeness (QED) is 0.777. The molecule has 3 N–H and O–H groups in total. The van der Waals surface area contributed by atoms with Gasteiger partial charge in [0.2, 0.25) is 0 Å². The van der Waals surface area contributed by atoms with E-state index in [0.29, 0.717) is 18.8 Å². The lowest BCUT2D eigenvalue weighted by Crippen LogP contribution is -2.49. The SMILES string of the molecule is Cc1cc(CNC(C)(C)CNC(=O)OC(C)(C)C)cc(C)c1O. The zero-order valence-corrected chi connectivity index (χ0v) is 15.3. The third-order valence-electron chi connectivity index (χ3n) is 3.40. The van der Waals surface area contributed by atoms with Crippen molar-refractivity contribution in [3.05, 3.63) is 28.8 Å². The molecule has 0 unspecified atom stereocenters. The standard InChI is InChI=1S/C18H30N2O3/c1-12-8-14(9-13(2)15(12)21)10-20-18(6,7)11-19-16(22)23-17(3,4)5/h8-9,20-21H,10-11H2,1-7H3,(H,19,22). The molecule has 0 bridgehead atoms. The van der Waals surface area contributed by atoms with E-state index in [-0.39, 0.29) is 5.54 Å². The molecule has 0 aliphatic heterocycles. The number of alkyl carbamates (subject to hydrolysis) is 1. The Kier molecular flexibility index (Phi) is 6.05. The molecule has 0 atom stereocenters. The fourth-order valence-electron chi connectivity index (χ4n) is 2.16. The number of amides is 1. The van der Waals surface area contributed by atoms with Crippen molar-refractivity contribution in [2.45, 2.75) is 66.2 Å². The molecule has 0 heterocycles. The predicted octanol–water partition coefficient (Wildman–Crippen LogP) is 3.40. The summed E-state index contributed by atoms with van der Waals surface area (Å²) >= 11 is 0. The Hall–Kier alpha value is -1.75. The van der Waals surface area contributed by atoms with Crippen molar-refractivity contribution in [1.29, 1.82) is 0 Å². The first-order valence-electron chi connectivity index (χ1n) is 7.90. The number of aryl methyl sites for hydroxylation is 2. The Balaban J connectivity index is 2.54. The van der Waals surface area contributed by atoms with Crippen LogP contribution in [0.1, 0.15) is 51.3 Å². The van der Waals surface area contributed by atoms with Gasteiger partial charge in [-0.1, -0.05) is 12.1 Å². The minimum Gasteiger partial charge on any atom is -0.507 e. The average Bonchev–Trinajstić information content (AvgIpc) is 2.38. The first-order valence-corrected chi connectivity index (χ1v) is 7.90. The average molecular weight is 322 g/mol. The third-order valence-corrected chi connectivity index (χ3v) is 3.40. The molecular formula is C18H30N2O3. The van der Waals surface area contributed by atoms with Gasteiger partial charge in [0.05, 0.1) is 0 Å². The molecule has 0 fully saturated rings. The van der Waals surface area contributed by atoms with Gasteiger partial charge in [0, 0.05) is 18.6 Å². The molecule has 0 radical (unpaired) electrons. The number of phenolic OH excluding ortho intramolecular Hbond substituents is 1. The number of rotatable bonds is 5. The van der Waals surface area contributed by atoms with Crippen LogP contribution in [0.15, 0.2) is 12.1 Å². The maximum Gasteiger partial charge on any atom is 0.407 e. The summed E-state index contributed by atoms with van der Waals surface area (Å²) in [6.07, 6.45) is -0.413. The number of nitrogens with one attached hydrogen (secondary N) is 2. The second-order valence-electron chi connectivity index (χ2n) is 7.67. The summed E-state index contributed by atoms with van der Waals surface area (Å²) in [5.41, 5.74) is 2.06. The second kappa shape index (κ2) is 7.21. The van der Waals surface area contributed by atoms with Crippen LogP contribution in [0, 0.1) is 13.8 Å². The summed E-state index contributed by atoms with van der Waals surface area (Å²) in [4.78, 5) is 11.7. The van der Waals surface area contributed by atoms with E-state index in [4.69, 9.17) is 4.74 Å². The maximum atomic E-state index is 11.7. The number of ether oxygens (including phenoxy) is 1. The lowest BCUT2D eigenvalue weighted by molar-refractivity contribution is 0.0513. The molecule has 1 amide bonds. The van der Waals surface area contributed by atoms with Gasteiger partial charge < -0.3 is 20.5 Å². The zero-order chi connectivity index (χ0) is 17.8. The van der Waals surface area contributed by atoms with Gasteiger partial charge in [0.1, 0.15) is 11.4 Å². The summed E-state index contributed by atoms with van der Waals surface area (Å²) < 4.78 is 5.23. The van der Waals surface area contributed by atoms with Crippen LogP contribution in [0.25, 0.3) is 0 Å². The Morgan fingerprint density at radius 3 is 2.13 bits per heavy atom. The monoisotopic (exact) mass is 322 g/mol. The van der Waals surface area contributed by atoms with Gasteiger partial charge in [0.25, 0.3) is 0 Å². The molecular weight excluding hydrogens is 292 g/mol. The van der Waals surface area contributed by atoms with Crippen LogP contribution in [0.4, 0.5) is 4.79 Å². The Labute approximate surface area is 139 Å². The molecule has 5 heteroatoms. The van der Waals surface area contributed by atoms with Gasteiger partial charge in [-0.2, -0.15) is 0 Å². The van der Waals surface area contributed by atoms with E-state index >= 15 is 0 Å². The largest absolute Gasteiger partial charge is 0.507 e. The smallest absolute Gasteiger partial charge is 0.407 e. The van der Waals surface area contributed by atoms with E-state index in [1.54, 1.807) is 0 Å². The number of phenols is 1. The minimum atomic E-state index is -0.497. The summed E-state index contributed by atoms with van der Waals surface area (Å²) in [6, 6.07) is 3.93. The zero-order valence-electron chi connectivity index (χ0n) is 15.3. The number of carbonyl (C=O) groups excluding carboxylic acids is 1. The molecule has 0 aromatic heterocycles. The number of benzene rings is 1. The van der Waals surface area contributed by atoms with Crippen molar-refractivity contribution in [1.82, 2.24) is 10.6 Å². The van der Waals surface area contributed by atoms with Gasteiger partial charge in [-0.15, -0.1) is 0 Å².